The third kappa shape index (κ3) is 19.5. The Bertz CT molecular complexity index is 214. The molecule has 0 atom stereocenters. The molecule has 0 nitrogen and oxygen atoms in total. The maximum absolute atomic E-state index is 2.45. The molecule has 0 amide bonds. The number of hydrogen-bond acceptors (Lipinski definition) is 0. The van der Waals surface area contributed by atoms with Gasteiger partial charge in [-0.25, -0.2) is 0 Å². The molecule has 21 heavy (non-hydrogen) atoms. The first-order valence-electron chi connectivity index (χ1n) is 9.36. The van der Waals surface area contributed by atoms with E-state index in [2.05, 4.69) is 52.0 Å². The van der Waals surface area contributed by atoms with Crippen molar-refractivity contribution in [1.29, 1.82) is 0 Å². The highest BCUT2D eigenvalue weighted by Crippen LogP contribution is 2.29. The minimum atomic E-state index is 0.419. The molecule has 0 spiro atoms. The Kier molecular flexibility index (Phi) is 23.6. The van der Waals surface area contributed by atoms with Crippen molar-refractivity contribution in [1.82, 2.24) is 0 Å². The first kappa shape index (κ1) is 25.4. The molecule has 0 saturated heterocycles. The van der Waals surface area contributed by atoms with Gasteiger partial charge >= 0.3 is 0 Å². The predicted octanol–water partition coefficient (Wildman–Crippen LogP) is 8.19. The first-order valence-corrected chi connectivity index (χ1v) is 9.36. The molecule has 0 heterocycles. The van der Waals surface area contributed by atoms with E-state index in [0.29, 0.717) is 5.41 Å². The fraction of sp³-hybridized carbons (Fsp3) is 0.810. The van der Waals surface area contributed by atoms with Gasteiger partial charge in [-0.3, -0.25) is 0 Å². The van der Waals surface area contributed by atoms with Crippen LogP contribution in [0.15, 0.2) is 24.3 Å². The number of rotatable bonds is 4. The maximum Gasteiger partial charge on any atom is -0.0177 e. The van der Waals surface area contributed by atoms with E-state index in [4.69, 9.17) is 0 Å². The molecule has 1 saturated carbocycles. The summed E-state index contributed by atoms with van der Waals surface area (Å²) in [4.78, 5) is 0. The smallest absolute Gasteiger partial charge is 0.0177 e. The fourth-order valence-electron chi connectivity index (χ4n) is 1.90. The van der Waals surface area contributed by atoms with Gasteiger partial charge in [0.25, 0.3) is 0 Å². The zero-order valence-electron chi connectivity index (χ0n) is 16.6. The van der Waals surface area contributed by atoms with E-state index in [1.807, 2.05) is 34.6 Å². The third-order valence-electron chi connectivity index (χ3n) is 3.60. The van der Waals surface area contributed by atoms with Gasteiger partial charge in [-0.2, -0.15) is 0 Å². The Hall–Kier alpha value is -0.520. The van der Waals surface area contributed by atoms with Crippen LogP contribution in [0, 0.1) is 11.3 Å². The molecule has 0 aromatic heterocycles. The molecule has 0 unspecified atom stereocenters. The summed E-state index contributed by atoms with van der Waals surface area (Å²) in [7, 11) is 0. The lowest BCUT2D eigenvalue weighted by Gasteiger charge is -2.17. The molecule has 1 aliphatic rings. The van der Waals surface area contributed by atoms with Crippen molar-refractivity contribution in [2.45, 2.75) is 101 Å². The van der Waals surface area contributed by atoms with Crippen molar-refractivity contribution >= 4 is 0 Å². The van der Waals surface area contributed by atoms with E-state index >= 15 is 0 Å². The zero-order valence-corrected chi connectivity index (χ0v) is 16.6. The van der Waals surface area contributed by atoms with Gasteiger partial charge < -0.3 is 0 Å². The predicted molar refractivity (Wildman–Crippen MR) is 103 cm³/mol. The normalized spacial score (nSPS) is 14.9. The van der Waals surface area contributed by atoms with Gasteiger partial charge in [0.1, 0.15) is 0 Å². The Morgan fingerprint density at radius 1 is 0.952 bits per heavy atom. The third-order valence-corrected chi connectivity index (χ3v) is 3.60. The summed E-state index contributed by atoms with van der Waals surface area (Å²) in [6.45, 7) is 19.1. The SMILES string of the molecule is C/C=C\CC.CC.CC.CCC(C)(C)/C=C/C1CCCC1. The summed E-state index contributed by atoms with van der Waals surface area (Å²) in [5.41, 5.74) is 0.419. The highest BCUT2D eigenvalue weighted by molar-refractivity contribution is 4.98. The lowest BCUT2D eigenvalue weighted by molar-refractivity contribution is 0.457. The van der Waals surface area contributed by atoms with Gasteiger partial charge in [-0.05, 0) is 43.9 Å². The molecule has 0 radical (unpaired) electrons. The summed E-state index contributed by atoms with van der Waals surface area (Å²) in [5.74, 6) is 0.899. The van der Waals surface area contributed by atoms with E-state index in [1.165, 1.54) is 32.1 Å². The second-order valence-corrected chi connectivity index (χ2v) is 5.72. The fourth-order valence-corrected chi connectivity index (χ4v) is 1.90. The van der Waals surface area contributed by atoms with Gasteiger partial charge in [0, 0.05) is 0 Å². The standard InChI is InChI=1S/C12H22.C5H10.2C2H6/c1-4-12(2,3)10-9-11-7-5-6-8-11;1-3-5-4-2;2*1-2/h9-11H,4-8H2,1-3H3;3,5H,4H2,1-2H3;2*1-2H3/b10-9+;5-3-;;. The van der Waals surface area contributed by atoms with Crippen LogP contribution in [0.5, 0.6) is 0 Å². The summed E-state index contributed by atoms with van der Waals surface area (Å²) < 4.78 is 0. The lowest BCUT2D eigenvalue weighted by Crippen LogP contribution is -2.05. The molecular formula is C21H44. The van der Waals surface area contributed by atoms with E-state index in [1.54, 1.807) is 0 Å². The van der Waals surface area contributed by atoms with Gasteiger partial charge in [-0.15, -0.1) is 0 Å². The Morgan fingerprint density at radius 2 is 1.43 bits per heavy atom. The summed E-state index contributed by atoms with van der Waals surface area (Å²) in [6.07, 6.45) is 17.2. The highest BCUT2D eigenvalue weighted by atomic mass is 14.2. The Morgan fingerprint density at radius 3 is 1.71 bits per heavy atom. The topological polar surface area (TPSA) is 0 Å². The van der Waals surface area contributed by atoms with E-state index < -0.39 is 0 Å². The average Bonchev–Trinajstić information content (AvgIpc) is 3.04. The van der Waals surface area contributed by atoms with E-state index in [0.717, 1.165) is 12.3 Å². The quantitative estimate of drug-likeness (QED) is 0.459. The molecule has 0 aromatic rings. The van der Waals surface area contributed by atoms with Crippen LogP contribution in [0.1, 0.15) is 101 Å². The van der Waals surface area contributed by atoms with Crippen molar-refractivity contribution in [3.63, 3.8) is 0 Å². The highest BCUT2D eigenvalue weighted by Gasteiger charge is 2.14. The molecule has 1 aliphatic carbocycles. The molecule has 0 bridgehead atoms. The van der Waals surface area contributed by atoms with Crippen LogP contribution in [0.2, 0.25) is 0 Å². The van der Waals surface area contributed by atoms with Crippen LogP contribution < -0.4 is 0 Å². The number of allylic oxidation sites excluding steroid dienone is 4. The average molecular weight is 297 g/mol. The van der Waals surface area contributed by atoms with Gasteiger partial charge in [0.2, 0.25) is 0 Å². The summed E-state index contributed by atoms with van der Waals surface area (Å²) in [6, 6.07) is 0. The van der Waals surface area contributed by atoms with Crippen LogP contribution in [-0.2, 0) is 0 Å². The van der Waals surface area contributed by atoms with Gasteiger partial charge in [-0.1, -0.05) is 92.5 Å². The molecule has 0 aromatic carbocycles. The largest absolute Gasteiger partial charge is 0.0917 e. The molecule has 0 aliphatic heterocycles. The first-order chi connectivity index (χ1) is 10.1. The Labute approximate surface area is 137 Å². The second kappa shape index (κ2) is 19.5. The molecule has 0 heteroatoms. The molecule has 1 fully saturated rings. The second-order valence-electron chi connectivity index (χ2n) is 5.72. The Balaban J connectivity index is -0.000000304. The zero-order chi connectivity index (χ0) is 17.1. The van der Waals surface area contributed by atoms with E-state index in [9.17, 15) is 0 Å². The molecule has 0 N–H and O–H groups in total. The molecule has 128 valence electrons. The van der Waals surface area contributed by atoms with Crippen molar-refractivity contribution < 1.29 is 0 Å². The van der Waals surface area contributed by atoms with Crippen molar-refractivity contribution in [3.8, 4) is 0 Å². The number of hydrogen-bond donors (Lipinski definition) is 0. The van der Waals surface area contributed by atoms with Crippen LogP contribution in [0.3, 0.4) is 0 Å². The van der Waals surface area contributed by atoms with Crippen molar-refractivity contribution in [2.24, 2.45) is 11.3 Å². The van der Waals surface area contributed by atoms with Crippen molar-refractivity contribution in [2.75, 3.05) is 0 Å². The van der Waals surface area contributed by atoms with Gasteiger partial charge in [0.15, 0.2) is 0 Å². The van der Waals surface area contributed by atoms with Gasteiger partial charge in [0.05, 0.1) is 0 Å². The maximum atomic E-state index is 2.45. The minimum Gasteiger partial charge on any atom is -0.0917 e. The van der Waals surface area contributed by atoms with Crippen LogP contribution in [0.25, 0.3) is 0 Å². The lowest BCUT2D eigenvalue weighted by atomic mass is 9.88. The van der Waals surface area contributed by atoms with E-state index in [-0.39, 0.29) is 0 Å². The minimum absolute atomic E-state index is 0.419. The van der Waals surface area contributed by atoms with Crippen LogP contribution >= 0.6 is 0 Å². The summed E-state index contributed by atoms with van der Waals surface area (Å²) >= 11 is 0. The molecular weight excluding hydrogens is 252 g/mol. The van der Waals surface area contributed by atoms with Crippen LogP contribution in [-0.4, -0.2) is 0 Å². The van der Waals surface area contributed by atoms with Crippen molar-refractivity contribution in [3.05, 3.63) is 24.3 Å². The van der Waals surface area contributed by atoms with Crippen LogP contribution in [0.4, 0.5) is 0 Å². The summed E-state index contributed by atoms with van der Waals surface area (Å²) in [5, 5.41) is 0. The monoisotopic (exact) mass is 296 g/mol. The molecule has 1 rings (SSSR count).